The molecule has 0 spiro atoms. The number of anilines is 1. The molecule has 1 saturated heterocycles. The van der Waals surface area contributed by atoms with Crippen molar-refractivity contribution in [2.45, 2.75) is 38.6 Å². The molecule has 1 atom stereocenters. The Kier molecular flexibility index (Phi) is 6.63. The molecular formula is C18H22ClN5O2S. The minimum atomic E-state index is -0.477. The van der Waals surface area contributed by atoms with Crippen molar-refractivity contribution in [2.24, 2.45) is 0 Å². The van der Waals surface area contributed by atoms with Crippen LogP contribution in [0.25, 0.3) is 10.6 Å². The summed E-state index contributed by atoms with van der Waals surface area (Å²) in [5.74, 6) is -0.225. The maximum Gasteiger partial charge on any atom is 0.318 e. The molecule has 144 valence electrons. The summed E-state index contributed by atoms with van der Waals surface area (Å²) in [7, 11) is 0. The van der Waals surface area contributed by atoms with Crippen LogP contribution in [0.2, 0.25) is 5.02 Å². The van der Waals surface area contributed by atoms with Crippen LogP contribution in [-0.4, -0.2) is 46.2 Å². The number of unbranched alkanes of at least 4 members (excludes halogenated alkanes) is 1. The fourth-order valence-corrected chi connectivity index (χ4v) is 3.81. The molecular weight excluding hydrogens is 386 g/mol. The molecule has 2 N–H and O–H groups in total. The van der Waals surface area contributed by atoms with Crippen molar-refractivity contribution >= 4 is 40.0 Å². The molecule has 1 aromatic heterocycles. The predicted molar refractivity (Wildman–Crippen MR) is 107 cm³/mol. The van der Waals surface area contributed by atoms with Gasteiger partial charge >= 0.3 is 6.03 Å². The molecule has 1 aliphatic rings. The van der Waals surface area contributed by atoms with E-state index in [-0.39, 0.29) is 11.9 Å². The van der Waals surface area contributed by atoms with Crippen LogP contribution < -0.4 is 10.6 Å². The quantitative estimate of drug-likeness (QED) is 0.713. The van der Waals surface area contributed by atoms with Gasteiger partial charge in [-0.25, -0.2) is 4.79 Å². The molecule has 0 saturated carbocycles. The van der Waals surface area contributed by atoms with Gasteiger partial charge in [-0.3, -0.25) is 10.1 Å². The Labute approximate surface area is 167 Å². The number of hydrogen-bond acceptors (Lipinski definition) is 5. The lowest BCUT2D eigenvalue weighted by Crippen LogP contribution is -2.47. The molecule has 7 nitrogen and oxygen atoms in total. The van der Waals surface area contributed by atoms with E-state index in [2.05, 4.69) is 27.8 Å². The predicted octanol–water partition coefficient (Wildman–Crippen LogP) is 3.77. The van der Waals surface area contributed by atoms with Crippen LogP contribution in [0.1, 0.15) is 32.6 Å². The molecule has 0 radical (unpaired) electrons. The SMILES string of the molecule is CCCCNC(=O)N1CCCC1C(=O)Nc1nnc(-c2ccc(Cl)cc2)s1. The minimum absolute atomic E-state index is 0.180. The van der Waals surface area contributed by atoms with Crippen LogP contribution in [0, 0.1) is 0 Å². The first-order chi connectivity index (χ1) is 13.1. The van der Waals surface area contributed by atoms with Gasteiger partial charge in [0.2, 0.25) is 11.0 Å². The first kappa shape index (κ1) is 19.6. The fraction of sp³-hybridized carbons (Fsp3) is 0.444. The number of aromatic nitrogens is 2. The number of rotatable bonds is 6. The Morgan fingerprint density at radius 3 is 2.81 bits per heavy atom. The molecule has 2 heterocycles. The number of nitrogens with zero attached hydrogens (tertiary/aromatic N) is 3. The highest BCUT2D eigenvalue weighted by molar-refractivity contribution is 7.18. The van der Waals surface area contributed by atoms with E-state index in [0.29, 0.717) is 34.7 Å². The molecule has 1 aromatic carbocycles. The number of hydrogen-bond donors (Lipinski definition) is 2. The average Bonchev–Trinajstić information content (AvgIpc) is 3.32. The number of nitrogens with one attached hydrogen (secondary N) is 2. The van der Waals surface area contributed by atoms with Crippen molar-refractivity contribution in [1.82, 2.24) is 20.4 Å². The number of carbonyl (C=O) groups is 2. The van der Waals surface area contributed by atoms with Crippen LogP contribution in [0.4, 0.5) is 9.93 Å². The molecule has 3 amide bonds. The number of benzene rings is 1. The third-order valence-corrected chi connectivity index (χ3v) is 5.51. The van der Waals surface area contributed by atoms with Crippen molar-refractivity contribution in [3.8, 4) is 10.6 Å². The van der Waals surface area contributed by atoms with Crippen molar-refractivity contribution in [3.63, 3.8) is 0 Å². The summed E-state index contributed by atoms with van der Waals surface area (Å²) in [4.78, 5) is 26.5. The van der Waals surface area contributed by atoms with Gasteiger partial charge in [0.05, 0.1) is 0 Å². The number of likely N-dealkylation sites (tertiary alicyclic amines) is 1. The number of carbonyl (C=O) groups excluding carboxylic acids is 2. The molecule has 1 aliphatic heterocycles. The first-order valence-corrected chi connectivity index (χ1v) is 10.2. The highest BCUT2D eigenvalue weighted by Gasteiger charge is 2.34. The van der Waals surface area contributed by atoms with E-state index in [1.165, 1.54) is 11.3 Å². The van der Waals surface area contributed by atoms with E-state index in [4.69, 9.17) is 11.6 Å². The molecule has 0 aliphatic carbocycles. The van der Waals surface area contributed by atoms with Crippen LogP contribution in [0.3, 0.4) is 0 Å². The Hall–Kier alpha value is -2.19. The summed E-state index contributed by atoms with van der Waals surface area (Å²) in [6, 6.07) is 6.62. The van der Waals surface area contributed by atoms with Gasteiger partial charge in [0, 0.05) is 23.7 Å². The van der Waals surface area contributed by atoms with Crippen LogP contribution in [0.15, 0.2) is 24.3 Å². The van der Waals surface area contributed by atoms with E-state index in [1.807, 2.05) is 12.1 Å². The Morgan fingerprint density at radius 1 is 1.30 bits per heavy atom. The van der Waals surface area contributed by atoms with E-state index in [9.17, 15) is 9.59 Å². The largest absolute Gasteiger partial charge is 0.338 e. The molecule has 27 heavy (non-hydrogen) atoms. The molecule has 9 heteroatoms. The van der Waals surface area contributed by atoms with Gasteiger partial charge in [-0.05, 0) is 31.4 Å². The monoisotopic (exact) mass is 407 g/mol. The van der Waals surface area contributed by atoms with Gasteiger partial charge in [0.25, 0.3) is 0 Å². The van der Waals surface area contributed by atoms with E-state index < -0.39 is 6.04 Å². The summed E-state index contributed by atoms with van der Waals surface area (Å²) in [6.45, 7) is 3.28. The van der Waals surface area contributed by atoms with Gasteiger partial charge < -0.3 is 10.2 Å². The van der Waals surface area contributed by atoms with Gasteiger partial charge in [-0.1, -0.05) is 48.4 Å². The average molecular weight is 408 g/mol. The lowest BCUT2D eigenvalue weighted by atomic mass is 10.2. The standard InChI is InChI=1S/C18H22ClN5O2S/c1-2-3-10-20-18(26)24-11-4-5-14(24)15(25)21-17-23-22-16(27-17)12-6-8-13(19)9-7-12/h6-9,14H,2-5,10-11H2,1H3,(H,20,26)(H,21,23,25). The normalized spacial score (nSPS) is 16.4. The number of amides is 3. The number of halogens is 1. The lowest BCUT2D eigenvalue weighted by Gasteiger charge is -2.23. The summed E-state index contributed by atoms with van der Waals surface area (Å²) < 4.78 is 0. The third kappa shape index (κ3) is 4.95. The maximum atomic E-state index is 12.6. The van der Waals surface area contributed by atoms with Gasteiger partial charge in [-0.15, -0.1) is 10.2 Å². The summed E-state index contributed by atoms with van der Waals surface area (Å²) in [5, 5.41) is 15.6. The summed E-state index contributed by atoms with van der Waals surface area (Å²) in [5.41, 5.74) is 0.884. The Bertz CT molecular complexity index is 795. The third-order valence-electron chi connectivity index (χ3n) is 4.37. The number of urea groups is 1. The zero-order valence-corrected chi connectivity index (χ0v) is 16.6. The van der Waals surface area contributed by atoms with Gasteiger partial charge in [0.1, 0.15) is 11.0 Å². The summed E-state index contributed by atoms with van der Waals surface area (Å²) in [6.07, 6.45) is 3.40. The van der Waals surface area contributed by atoms with E-state index in [0.717, 1.165) is 24.8 Å². The van der Waals surface area contributed by atoms with E-state index >= 15 is 0 Å². The van der Waals surface area contributed by atoms with Crippen LogP contribution >= 0.6 is 22.9 Å². The van der Waals surface area contributed by atoms with Crippen molar-refractivity contribution < 1.29 is 9.59 Å². The van der Waals surface area contributed by atoms with Crippen LogP contribution in [-0.2, 0) is 4.79 Å². The lowest BCUT2D eigenvalue weighted by molar-refractivity contribution is -0.119. The van der Waals surface area contributed by atoms with Crippen molar-refractivity contribution in [1.29, 1.82) is 0 Å². The zero-order chi connectivity index (χ0) is 19.2. The minimum Gasteiger partial charge on any atom is -0.338 e. The van der Waals surface area contributed by atoms with Crippen molar-refractivity contribution in [3.05, 3.63) is 29.3 Å². The second-order valence-corrected chi connectivity index (χ2v) is 7.76. The van der Waals surface area contributed by atoms with E-state index in [1.54, 1.807) is 17.0 Å². The molecule has 1 unspecified atom stereocenters. The summed E-state index contributed by atoms with van der Waals surface area (Å²) >= 11 is 7.19. The Morgan fingerprint density at radius 2 is 2.07 bits per heavy atom. The molecule has 3 rings (SSSR count). The Balaban J connectivity index is 1.61. The van der Waals surface area contributed by atoms with Gasteiger partial charge in [0.15, 0.2) is 0 Å². The van der Waals surface area contributed by atoms with Crippen LogP contribution in [0.5, 0.6) is 0 Å². The second kappa shape index (κ2) is 9.14. The topological polar surface area (TPSA) is 87.2 Å². The highest BCUT2D eigenvalue weighted by Crippen LogP contribution is 2.28. The zero-order valence-electron chi connectivity index (χ0n) is 15.1. The molecule has 0 bridgehead atoms. The maximum absolute atomic E-state index is 12.6. The fourth-order valence-electron chi connectivity index (χ4n) is 2.93. The van der Waals surface area contributed by atoms with Crippen molar-refractivity contribution in [2.75, 3.05) is 18.4 Å². The molecule has 2 aromatic rings. The smallest absolute Gasteiger partial charge is 0.318 e. The first-order valence-electron chi connectivity index (χ1n) is 9.03. The highest BCUT2D eigenvalue weighted by atomic mass is 35.5. The second-order valence-electron chi connectivity index (χ2n) is 6.35. The molecule has 1 fully saturated rings. The van der Waals surface area contributed by atoms with Gasteiger partial charge in [-0.2, -0.15) is 0 Å².